The highest BCUT2D eigenvalue weighted by Gasteiger charge is 2.66. The second-order valence-corrected chi connectivity index (χ2v) is 10.6. The minimum atomic E-state index is -2.61. The van der Waals surface area contributed by atoms with Crippen LogP contribution in [0.1, 0.15) is 27.9 Å². The zero-order valence-corrected chi connectivity index (χ0v) is 21.0. The Kier molecular flexibility index (Phi) is 6.18. The van der Waals surface area contributed by atoms with E-state index in [0.717, 1.165) is 5.56 Å². The number of amides is 1. The molecule has 6 atom stereocenters. The van der Waals surface area contributed by atoms with Gasteiger partial charge >= 0.3 is 0 Å². The molecule has 0 spiro atoms. The van der Waals surface area contributed by atoms with Crippen LogP contribution >= 0.6 is 0 Å². The number of allylic oxidation sites excluding steroid dienone is 1. The summed E-state index contributed by atoms with van der Waals surface area (Å²) in [5, 5.41) is 54.1. The van der Waals surface area contributed by atoms with Crippen LogP contribution in [0.15, 0.2) is 47.7 Å². The van der Waals surface area contributed by atoms with Gasteiger partial charge in [0, 0.05) is 17.5 Å². The van der Waals surface area contributed by atoms with Crippen molar-refractivity contribution in [3.05, 3.63) is 64.4 Å². The fraction of sp³-hybridized carbons (Fsp3) is 0.393. The van der Waals surface area contributed by atoms with E-state index in [2.05, 4.69) is 0 Å². The smallest absolute Gasteiger partial charge is 0.230 e. The number of ketones is 2. The summed E-state index contributed by atoms with van der Waals surface area (Å²) in [6, 6.07) is 9.24. The Morgan fingerprint density at radius 1 is 1.11 bits per heavy atom. The average Bonchev–Trinajstić information content (AvgIpc) is 2.86. The van der Waals surface area contributed by atoms with Crippen LogP contribution in [0.2, 0.25) is 0 Å². The number of likely N-dealkylation sites (N-methyl/N-ethyl adjacent to an activating group) is 1. The number of phenols is 1. The van der Waals surface area contributed by atoms with E-state index in [-0.39, 0.29) is 36.3 Å². The minimum absolute atomic E-state index is 0.0347. The van der Waals surface area contributed by atoms with Crippen LogP contribution in [0.3, 0.4) is 0 Å². The molecule has 2 aromatic rings. The minimum Gasteiger partial charge on any atom is -0.508 e. The van der Waals surface area contributed by atoms with Gasteiger partial charge in [0.1, 0.15) is 17.4 Å². The molecule has 0 radical (unpaired) electrons. The summed E-state index contributed by atoms with van der Waals surface area (Å²) in [5.41, 5.74) is 5.28. The number of carbonyl (C=O) groups excluding carboxylic acids is 3. The van der Waals surface area contributed by atoms with Gasteiger partial charge in [0.05, 0.1) is 18.3 Å². The normalized spacial score (nSPS) is 30.6. The van der Waals surface area contributed by atoms with Crippen LogP contribution in [-0.4, -0.2) is 79.7 Å². The van der Waals surface area contributed by atoms with E-state index in [1.54, 1.807) is 49.3 Å². The maximum atomic E-state index is 13.8. The number of hydrogen-bond donors (Lipinski definition) is 6. The Bertz CT molecular complexity index is 1380. The lowest BCUT2D eigenvalue weighted by molar-refractivity contribution is -0.178. The van der Waals surface area contributed by atoms with Crippen molar-refractivity contribution in [2.45, 2.75) is 37.2 Å². The van der Waals surface area contributed by atoms with Crippen molar-refractivity contribution in [1.82, 2.24) is 4.90 Å². The lowest BCUT2D eigenvalue weighted by Gasteiger charge is -2.53. The van der Waals surface area contributed by atoms with Crippen molar-refractivity contribution in [3.8, 4) is 16.9 Å². The SMILES string of the molecule is CN(C)[C@@H]1C(O)C(C(N)=O)C(=O)[C@@]2(O)C(O)=C3C(=O)c4c(O)ccc(-c5ccc(CO)cc5)c4C[C@H]3C[C@@H]12. The first kappa shape index (κ1) is 26.1. The quantitative estimate of drug-likeness (QED) is 0.311. The van der Waals surface area contributed by atoms with Crippen LogP contribution in [0, 0.1) is 17.8 Å². The number of Topliss-reactive ketones (excluding diaryl/α,β-unsaturated/α-hetero) is 2. The van der Waals surface area contributed by atoms with Crippen molar-refractivity contribution in [2.75, 3.05) is 14.1 Å². The molecule has 200 valence electrons. The standard InChI is InChI=1S/C28H30N2O8/c1-30(2)22-17-10-14-9-16-15(13-5-3-12(11-31)4-6-13)7-8-18(32)20(16)23(33)19(14)25(35)28(17,38)26(36)21(24(22)34)27(29)37/h3-8,14,17,21-22,24,31-32,34-35,38H,9-11H2,1-2H3,(H2,29,37)/t14-,17-,21?,22-,24?,28-/m0/s1. The third-order valence-electron chi connectivity index (χ3n) is 8.42. The van der Waals surface area contributed by atoms with Gasteiger partial charge in [-0.2, -0.15) is 0 Å². The number of aromatic hydroxyl groups is 1. The molecule has 5 rings (SSSR count). The van der Waals surface area contributed by atoms with Crippen LogP contribution in [0.25, 0.3) is 11.1 Å². The number of primary amides is 1. The molecule has 2 aromatic carbocycles. The molecule has 10 nitrogen and oxygen atoms in total. The lowest BCUT2D eigenvalue weighted by Crippen LogP contribution is -2.71. The van der Waals surface area contributed by atoms with Crippen molar-refractivity contribution in [2.24, 2.45) is 23.5 Å². The van der Waals surface area contributed by atoms with Gasteiger partial charge < -0.3 is 36.2 Å². The fourth-order valence-corrected chi connectivity index (χ4v) is 6.67. The number of aliphatic hydroxyl groups is 4. The number of aliphatic hydroxyl groups excluding tert-OH is 3. The molecule has 3 aliphatic carbocycles. The molecule has 2 unspecified atom stereocenters. The number of hydrogen-bond acceptors (Lipinski definition) is 9. The number of carbonyl (C=O) groups is 3. The third-order valence-corrected chi connectivity index (χ3v) is 8.42. The van der Waals surface area contributed by atoms with Crippen LogP contribution in [0.5, 0.6) is 5.75 Å². The molecule has 1 saturated carbocycles. The number of rotatable bonds is 4. The van der Waals surface area contributed by atoms with Crippen molar-refractivity contribution in [3.63, 3.8) is 0 Å². The van der Waals surface area contributed by atoms with Crippen LogP contribution in [0.4, 0.5) is 0 Å². The van der Waals surface area contributed by atoms with Gasteiger partial charge in [-0.05, 0) is 61.2 Å². The average molecular weight is 523 g/mol. The molecule has 1 fully saturated rings. The largest absolute Gasteiger partial charge is 0.508 e. The van der Waals surface area contributed by atoms with Gasteiger partial charge in [-0.1, -0.05) is 30.3 Å². The lowest BCUT2D eigenvalue weighted by atomic mass is 9.55. The summed E-state index contributed by atoms with van der Waals surface area (Å²) >= 11 is 0. The van der Waals surface area contributed by atoms with E-state index in [0.29, 0.717) is 16.7 Å². The zero-order valence-electron chi connectivity index (χ0n) is 21.0. The second kappa shape index (κ2) is 9.02. The highest BCUT2D eigenvalue weighted by molar-refractivity contribution is 6.16. The zero-order chi connectivity index (χ0) is 27.7. The topological polar surface area (TPSA) is 182 Å². The van der Waals surface area contributed by atoms with E-state index >= 15 is 0 Å². The molecule has 0 aliphatic heterocycles. The molecule has 38 heavy (non-hydrogen) atoms. The molecule has 1 amide bonds. The van der Waals surface area contributed by atoms with E-state index in [1.165, 1.54) is 6.07 Å². The maximum absolute atomic E-state index is 13.8. The van der Waals surface area contributed by atoms with Crippen molar-refractivity contribution < 1.29 is 39.9 Å². The Morgan fingerprint density at radius 2 is 1.76 bits per heavy atom. The molecule has 0 saturated heterocycles. The van der Waals surface area contributed by atoms with Gasteiger partial charge in [-0.25, -0.2) is 0 Å². The Balaban J connectivity index is 1.69. The number of nitrogens with two attached hydrogens (primary N) is 1. The van der Waals surface area contributed by atoms with E-state index < -0.39 is 58.7 Å². The highest BCUT2D eigenvalue weighted by atomic mass is 16.4. The fourth-order valence-electron chi connectivity index (χ4n) is 6.67. The third kappa shape index (κ3) is 3.52. The first-order valence-corrected chi connectivity index (χ1v) is 12.4. The summed E-state index contributed by atoms with van der Waals surface area (Å²) < 4.78 is 0. The van der Waals surface area contributed by atoms with Crippen LogP contribution in [-0.2, 0) is 22.6 Å². The summed E-state index contributed by atoms with van der Waals surface area (Å²) in [7, 11) is 3.23. The van der Waals surface area contributed by atoms with Crippen LogP contribution < -0.4 is 5.73 Å². The van der Waals surface area contributed by atoms with E-state index in [1.807, 2.05) is 0 Å². The molecule has 3 aliphatic rings. The second-order valence-electron chi connectivity index (χ2n) is 10.6. The Hall–Kier alpha value is -3.57. The Morgan fingerprint density at radius 3 is 2.34 bits per heavy atom. The summed E-state index contributed by atoms with van der Waals surface area (Å²) in [6.45, 7) is -0.125. The van der Waals surface area contributed by atoms with Gasteiger partial charge in [0.2, 0.25) is 5.91 Å². The highest BCUT2D eigenvalue weighted by Crippen LogP contribution is 2.53. The molecular formula is C28H30N2O8. The summed E-state index contributed by atoms with van der Waals surface area (Å²) in [5.74, 6) is -7.63. The Labute approximate surface area is 218 Å². The van der Waals surface area contributed by atoms with Gasteiger partial charge in [0.15, 0.2) is 17.2 Å². The monoisotopic (exact) mass is 522 g/mol. The molecule has 0 heterocycles. The van der Waals surface area contributed by atoms with E-state index in [4.69, 9.17) is 5.73 Å². The van der Waals surface area contributed by atoms with Crippen molar-refractivity contribution >= 4 is 17.5 Å². The number of benzene rings is 2. The first-order valence-electron chi connectivity index (χ1n) is 12.4. The number of phenolic OH excluding ortho intramolecular Hbond substituents is 1. The number of nitrogens with zero attached hydrogens (tertiary/aromatic N) is 1. The van der Waals surface area contributed by atoms with Gasteiger partial charge in [-0.3, -0.25) is 14.4 Å². The number of fused-ring (bicyclic) bond motifs is 3. The maximum Gasteiger partial charge on any atom is 0.230 e. The summed E-state index contributed by atoms with van der Waals surface area (Å²) in [4.78, 5) is 40.9. The molecule has 0 aromatic heterocycles. The van der Waals surface area contributed by atoms with Gasteiger partial charge in [-0.15, -0.1) is 0 Å². The van der Waals surface area contributed by atoms with E-state index in [9.17, 15) is 39.9 Å². The van der Waals surface area contributed by atoms with Crippen molar-refractivity contribution in [1.29, 1.82) is 0 Å². The predicted molar refractivity (Wildman–Crippen MR) is 135 cm³/mol. The molecule has 10 heteroatoms. The predicted octanol–water partition coefficient (Wildman–Crippen LogP) is 0.445. The molecule has 0 bridgehead atoms. The first-order chi connectivity index (χ1) is 17.9. The molecule has 7 N–H and O–H groups in total. The molecular weight excluding hydrogens is 492 g/mol. The summed E-state index contributed by atoms with van der Waals surface area (Å²) in [6.07, 6.45) is -1.26. The van der Waals surface area contributed by atoms with Gasteiger partial charge in [0.25, 0.3) is 0 Å².